The molecule has 1 saturated carbocycles. The first-order valence-corrected chi connectivity index (χ1v) is 8.00. The lowest BCUT2D eigenvalue weighted by Gasteiger charge is -2.22. The molecule has 5 heteroatoms. The van der Waals surface area contributed by atoms with E-state index in [2.05, 4.69) is 15.2 Å². The molecule has 1 aliphatic rings. The largest absolute Gasteiger partial charge is 0.379 e. The molecular formula is C17H26FN3O. The molecule has 0 amide bonds. The van der Waals surface area contributed by atoms with Crippen LogP contribution in [0, 0.1) is 11.7 Å². The third kappa shape index (κ3) is 6.02. The number of rotatable bonds is 8. The van der Waals surface area contributed by atoms with E-state index in [-0.39, 0.29) is 5.82 Å². The second kappa shape index (κ2) is 8.73. The second-order valence-corrected chi connectivity index (χ2v) is 5.74. The minimum Gasteiger partial charge on any atom is -0.379 e. The quantitative estimate of drug-likeness (QED) is 0.456. The minimum atomic E-state index is -0.218. The van der Waals surface area contributed by atoms with Gasteiger partial charge in [0.15, 0.2) is 5.96 Å². The molecule has 1 N–H and O–H groups in total. The molecule has 0 radical (unpaired) electrons. The predicted molar refractivity (Wildman–Crippen MR) is 87.4 cm³/mol. The molecule has 0 saturated heterocycles. The summed E-state index contributed by atoms with van der Waals surface area (Å²) in [5, 5.41) is 3.27. The van der Waals surface area contributed by atoms with Gasteiger partial charge in [0.2, 0.25) is 0 Å². The van der Waals surface area contributed by atoms with E-state index in [1.54, 1.807) is 12.1 Å². The van der Waals surface area contributed by atoms with Crippen LogP contribution in [0.2, 0.25) is 0 Å². The summed E-state index contributed by atoms with van der Waals surface area (Å²) in [6.07, 6.45) is 2.63. The van der Waals surface area contributed by atoms with E-state index in [0.717, 1.165) is 37.1 Å². The molecule has 0 aromatic heterocycles. The lowest BCUT2D eigenvalue weighted by atomic mass is 10.2. The zero-order chi connectivity index (χ0) is 15.8. The maximum atomic E-state index is 12.9. The van der Waals surface area contributed by atoms with Crippen LogP contribution in [0.4, 0.5) is 4.39 Å². The van der Waals surface area contributed by atoms with Crippen molar-refractivity contribution in [2.45, 2.75) is 26.3 Å². The second-order valence-electron chi connectivity index (χ2n) is 5.74. The van der Waals surface area contributed by atoms with Crippen molar-refractivity contribution in [3.63, 3.8) is 0 Å². The number of nitrogens with one attached hydrogen (secondary N) is 1. The summed E-state index contributed by atoms with van der Waals surface area (Å²) in [6, 6.07) is 6.46. The monoisotopic (exact) mass is 307 g/mol. The Bertz CT molecular complexity index is 471. The topological polar surface area (TPSA) is 36.9 Å². The molecule has 1 aromatic carbocycles. The van der Waals surface area contributed by atoms with Crippen molar-refractivity contribution >= 4 is 5.96 Å². The average Bonchev–Trinajstić information content (AvgIpc) is 3.33. The van der Waals surface area contributed by atoms with Crippen molar-refractivity contribution in [2.24, 2.45) is 10.9 Å². The molecule has 0 spiro atoms. The number of nitrogens with zero attached hydrogens (tertiary/aromatic N) is 2. The number of hydrogen-bond donors (Lipinski definition) is 1. The number of halogens is 1. The first kappa shape index (κ1) is 16.7. The fraction of sp³-hybridized carbons (Fsp3) is 0.588. The molecule has 2 rings (SSSR count). The Hall–Kier alpha value is -1.62. The van der Waals surface area contributed by atoms with Gasteiger partial charge in [-0.25, -0.2) is 9.38 Å². The highest BCUT2D eigenvalue weighted by atomic mass is 19.1. The van der Waals surface area contributed by atoms with Crippen LogP contribution in [-0.2, 0) is 11.3 Å². The highest BCUT2D eigenvalue weighted by Gasteiger charge is 2.21. The number of ether oxygens (including phenoxy) is 1. The number of likely N-dealkylation sites (N-methyl/N-ethyl adjacent to an activating group) is 1. The minimum absolute atomic E-state index is 0.218. The van der Waals surface area contributed by atoms with E-state index < -0.39 is 0 Å². The highest BCUT2D eigenvalue weighted by molar-refractivity contribution is 5.79. The molecule has 0 aliphatic heterocycles. The van der Waals surface area contributed by atoms with E-state index in [0.29, 0.717) is 13.2 Å². The van der Waals surface area contributed by atoms with Crippen molar-refractivity contribution in [3.8, 4) is 0 Å². The SMILES string of the molecule is CCNC(=NCc1ccc(F)cc1)N(C)CCOCC1CC1. The summed E-state index contributed by atoms with van der Waals surface area (Å²) >= 11 is 0. The summed E-state index contributed by atoms with van der Waals surface area (Å²) < 4.78 is 18.6. The third-order valence-electron chi connectivity index (χ3n) is 3.64. The van der Waals surface area contributed by atoms with Crippen molar-refractivity contribution in [3.05, 3.63) is 35.6 Å². The van der Waals surface area contributed by atoms with Crippen LogP contribution in [0.25, 0.3) is 0 Å². The van der Waals surface area contributed by atoms with Gasteiger partial charge < -0.3 is 15.0 Å². The Morgan fingerprint density at radius 2 is 2.09 bits per heavy atom. The highest BCUT2D eigenvalue weighted by Crippen LogP contribution is 2.28. The average molecular weight is 307 g/mol. The molecule has 1 fully saturated rings. The Labute approximate surface area is 132 Å². The zero-order valence-corrected chi connectivity index (χ0v) is 13.5. The summed E-state index contributed by atoms with van der Waals surface area (Å²) in [5.74, 6) is 1.43. The van der Waals surface area contributed by atoms with E-state index in [9.17, 15) is 4.39 Å². The number of benzene rings is 1. The molecule has 0 bridgehead atoms. The van der Waals surface area contributed by atoms with Crippen LogP contribution < -0.4 is 5.32 Å². The smallest absolute Gasteiger partial charge is 0.194 e. The van der Waals surface area contributed by atoms with Crippen molar-refractivity contribution in [1.29, 1.82) is 0 Å². The van der Waals surface area contributed by atoms with Crippen molar-refractivity contribution in [2.75, 3.05) is 33.4 Å². The maximum Gasteiger partial charge on any atom is 0.194 e. The van der Waals surface area contributed by atoms with Gasteiger partial charge in [-0.3, -0.25) is 0 Å². The summed E-state index contributed by atoms with van der Waals surface area (Å²) in [7, 11) is 2.01. The normalized spacial score (nSPS) is 15.0. The fourth-order valence-electron chi connectivity index (χ4n) is 2.07. The Morgan fingerprint density at radius 3 is 2.73 bits per heavy atom. The van der Waals surface area contributed by atoms with Crippen LogP contribution in [0.1, 0.15) is 25.3 Å². The summed E-state index contributed by atoms with van der Waals surface area (Å²) in [4.78, 5) is 6.66. The van der Waals surface area contributed by atoms with Crippen LogP contribution in [0.5, 0.6) is 0 Å². The number of guanidine groups is 1. The van der Waals surface area contributed by atoms with Gasteiger partial charge in [-0.2, -0.15) is 0 Å². The van der Waals surface area contributed by atoms with Crippen molar-refractivity contribution < 1.29 is 9.13 Å². The van der Waals surface area contributed by atoms with Gasteiger partial charge in [-0.1, -0.05) is 12.1 Å². The van der Waals surface area contributed by atoms with Crippen LogP contribution in [0.3, 0.4) is 0 Å². The van der Waals surface area contributed by atoms with Crippen LogP contribution in [-0.4, -0.2) is 44.2 Å². The lowest BCUT2D eigenvalue weighted by Crippen LogP contribution is -2.40. The Balaban J connectivity index is 1.80. The molecule has 0 unspecified atom stereocenters. The van der Waals surface area contributed by atoms with Gasteiger partial charge in [-0.15, -0.1) is 0 Å². The van der Waals surface area contributed by atoms with E-state index in [4.69, 9.17) is 4.74 Å². The standard InChI is InChI=1S/C17H26FN3O/c1-3-19-17(20-12-14-6-8-16(18)9-7-14)21(2)10-11-22-13-15-4-5-15/h6-9,15H,3-5,10-13H2,1-2H3,(H,19,20). The van der Waals surface area contributed by atoms with E-state index >= 15 is 0 Å². The molecule has 4 nitrogen and oxygen atoms in total. The summed E-state index contributed by atoms with van der Waals surface area (Å²) in [5.41, 5.74) is 0.996. The van der Waals surface area contributed by atoms with Crippen LogP contribution in [0.15, 0.2) is 29.3 Å². The van der Waals surface area contributed by atoms with Gasteiger partial charge in [-0.05, 0) is 43.4 Å². The number of hydrogen-bond acceptors (Lipinski definition) is 2. The molecule has 122 valence electrons. The molecule has 1 aliphatic carbocycles. The van der Waals surface area contributed by atoms with E-state index in [1.165, 1.54) is 25.0 Å². The molecule has 22 heavy (non-hydrogen) atoms. The Kier molecular flexibility index (Phi) is 6.65. The molecular weight excluding hydrogens is 281 g/mol. The molecule has 1 aromatic rings. The van der Waals surface area contributed by atoms with Gasteiger partial charge in [0.1, 0.15) is 5.82 Å². The summed E-state index contributed by atoms with van der Waals surface area (Å²) in [6.45, 7) is 5.81. The van der Waals surface area contributed by atoms with Gasteiger partial charge in [0.25, 0.3) is 0 Å². The first-order chi connectivity index (χ1) is 10.7. The first-order valence-electron chi connectivity index (χ1n) is 8.00. The molecule has 0 heterocycles. The van der Waals surface area contributed by atoms with Gasteiger partial charge in [0, 0.05) is 26.7 Å². The zero-order valence-electron chi connectivity index (χ0n) is 13.5. The van der Waals surface area contributed by atoms with Crippen LogP contribution >= 0.6 is 0 Å². The lowest BCUT2D eigenvalue weighted by molar-refractivity contribution is 0.115. The Morgan fingerprint density at radius 1 is 1.36 bits per heavy atom. The fourth-order valence-corrected chi connectivity index (χ4v) is 2.07. The van der Waals surface area contributed by atoms with Gasteiger partial charge in [0.05, 0.1) is 13.2 Å². The maximum absolute atomic E-state index is 12.9. The van der Waals surface area contributed by atoms with E-state index in [1.807, 2.05) is 14.0 Å². The third-order valence-corrected chi connectivity index (χ3v) is 3.64. The molecule has 0 atom stereocenters. The number of aliphatic imine (C=N–C) groups is 1. The predicted octanol–water partition coefficient (Wildman–Crippen LogP) is 2.65. The van der Waals surface area contributed by atoms with Gasteiger partial charge >= 0.3 is 0 Å². The van der Waals surface area contributed by atoms with Crippen molar-refractivity contribution in [1.82, 2.24) is 10.2 Å².